The number of aliphatic hydroxyl groups excluding tert-OH is 1. The first-order valence-electron chi connectivity index (χ1n) is 5.60. The number of anilines is 1. The Balaban J connectivity index is 2.20. The van der Waals surface area contributed by atoms with Crippen molar-refractivity contribution in [2.24, 2.45) is 0 Å². The van der Waals surface area contributed by atoms with Gasteiger partial charge in [-0.3, -0.25) is 0 Å². The summed E-state index contributed by atoms with van der Waals surface area (Å²) >= 11 is 0. The molecule has 3 N–H and O–H groups in total. The van der Waals surface area contributed by atoms with Gasteiger partial charge in [0, 0.05) is 16.9 Å². The lowest BCUT2D eigenvalue weighted by molar-refractivity contribution is 0.156. The summed E-state index contributed by atoms with van der Waals surface area (Å²) in [4.78, 5) is 4.21. The lowest BCUT2D eigenvalue weighted by atomic mass is 10.1. The summed E-state index contributed by atoms with van der Waals surface area (Å²) in [5.41, 5.74) is 9.27. The molecular formula is C13H17N3O. The molecule has 0 radical (unpaired) electrons. The Labute approximate surface area is 101 Å². The summed E-state index contributed by atoms with van der Waals surface area (Å²) in [6, 6.07) is 7.38. The van der Waals surface area contributed by atoms with Crippen molar-refractivity contribution in [1.29, 1.82) is 0 Å². The molecule has 4 heteroatoms. The standard InChI is InChI=1S/C13H17N3O/c1-9-10(2)16(8-15-9)7-13(17)11-5-3-4-6-12(11)14/h3-6,8,13,17H,7,14H2,1-2H3. The monoisotopic (exact) mass is 231 g/mol. The van der Waals surface area contributed by atoms with Gasteiger partial charge in [0.1, 0.15) is 0 Å². The largest absolute Gasteiger partial charge is 0.398 e. The van der Waals surface area contributed by atoms with Gasteiger partial charge in [-0.2, -0.15) is 0 Å². The highest BCUT2D eigenvalue weighted by molar-refractivity contribution is 5.47. The van der Waals surface area contributed by atoms with Gasteiger partial charge in [0.2, 0.25) is 0 Å². The highest BCUT2D eigenvalue weighted by Gasteiger charge is 2.12. The van der Waals surface area contributed by atoms with Gasteiger partial charge >= 0.3 is 0 Å². The summed E-state index contributed by atoms with van der Waals surface area (Å²) in [7, 11) is 0. The normalized spacial score (nSPS) is 12.6. The number of nitrogens with two attached hydrogens (primary N) is 1. The van der Waals surface area contributed by atoms with Crippen molar-refractivity contribution in [2.45, 2.75) is 26.5 Å². The van der Waals surface area contributed by atoms with Crippen molar-refractivity contribution in [3.8, 4) is 0 Å². The Morgan fingerprint density at radius 1 is 1.35 bits per heavy atom. The predicted molar refractivity (Wildman–Crippen MR) is 67.5 cm³/mol. The third-order valence-electron chi connectivity index (χ3n) is 3.07. The van der Waals surface area contributed by atoms with Crippen LogP contribution in [-0.4, -0.2) is 14.7 Å². The Bertz CT molecular complexity index is 519. The molecule has 0 spiro atoms. The maximum absolute atomic E-state index is 10.2. The number of hydrogen-bond donors (Lipinski definition) is 2. The van der Waals surface area contributed by atoms with Gasteiger partial charge in [-0.25, -0.2) is 4.98 Å². The number of aromatic nitrogens is 2. The van der Waals surface area contributed by atoms with Crippen LogP contribution in [0.3, 0.4) is 0 Å². The van der Waals surface area contributed by atoms with Crippen molar-refractivity contribution in [1.82, 2.24) is 9.55 Å². The van der Waals surface area contributed by atoms with E-state index in [1.807, 2.05) is 36.6 Å². The molecule has 17 heavy (non-hydrogen) atoms. The molecule has 1 heterocycles. The molecular weight excluding hydrogens is 214 g/mol. The molecule has 1 aromatic heterocycles. The zero-order valence-corrected chi connectivity index (χ0v) is 10.1. The van der Waals surface area contributed by atoms with E-state index in [1.165, 1.54) is 0 Å². The minimum absolute atomic E-state index is 0.473. The third-order valence-corrected chi connectivity index (χ3v) is 3.07. The van der Waals surface area contributed by atoms with Crippen molar-refractivity contribution in [2.75, 3.05) is 5.73 Å². The second-order valence-corrected chi connectivity index (χ2v) is 4.21. The van der Waals surface area contributed by atoms with E-state index in [0.717, 1.165) is 17.0 Å². The van der Waals surface area contributed by atoms with Crippen LogP contribution in [0.15, 0.2) is 30.6 Å². The molecule has 90 valence electrons. The Morgan fingerprint density at radius 3 is 2.65 bits per heavy atom. The van der Waals surface area contributed by atoms with Gasteiger partial charge in [-0.05, 0) is 19.9 Å². The summed E-state index contributed by atoms with van der Waals surface area (Å²) in [6.07, 6.45) is 1.14. The fourth-order valence-electron chi connectivity index (χ4n) is 1.83. The van der Waals surface area contributed by atoms with Gasteiger partial charge in [-0.1, -0.05) is 18.2 Å². The predicted octanol–water partition coefficient (Wildman–Crippen LogP) is 1.82. The summed E-state index contributed by atoms with van der Waals surface area (Å²) < 4.78 is 1.94. The highest BCUT2D eigenvalue weighted by Crippen LogP contribution is 2.22. The first kappa shape index (κ1) is 11.7. The van der Waals surface area contributed by atoms with Crippen molar-refractivity contribution >= 4 is 5.69 Å². The molecule has 0 amide bonds. The first-order chi connectivity index (χ1) is 8.09. The molecule has 1 unspecified atom stereocenters. The zero-order chi connectivity index (χ0) is 12.4. The van der Waals surface area contributed by atoms with E-state index < -0.39 is 6.10 Å². The number of aliphatic hydroxyl groups is 1. The second-order valence-electron chi connectivity index (χ2n) is 4.21. The molecule has 0 bridgehead atoms. The quantitative estimate of drug-likeness (QED) is 0.792. The number of para-hydroxylation sites is 1. The SMILES string of the molecule is Cc1ncn(CC(O)c2ccccc2N)c1C. The molecule has 1 atom stereocenters. The molecule has 0 fully saturated rings. The fraction of sp³-hybridized carbons (Fsp3) is 0.308. The second kappa shape index (κ2) is 4.59. The Morgan fingerprint density at radius 2 is 2.06 bits per heavy atom. The van der Waals surface area contributed by atoms with E-state index >= 15 is 0 Å². The lowest BCUT2D eigenvalue weighted by Crippen LogP contribution is -2.11. The maximum Gasteiger partial charge on any atom is 0.0989 e. The number of hydrogen-bond acceptors (Lipinski definition) is 3. The first-order valence-corrected chi connectivity index (χ1v) is 5.60. The van der Waals surface area contributed by atoms with Crippen LogP contribution in [0.2, 0.25) is 0 Å². The average Bonchev–Trinajstić information content (AvgIpc) is 2.61. The van der Waals surface area contributed by atoms with E-state index in [9.17, 15) is 5.11 Å². The highest BCUT2D eigenvalue weighted by atomic mass is 16.3. The van der Waals surface area contributed by atoms with E-state index in [1.54, 1.807) is 12.4 Å². The molecule has 0 aliphatic carbocycles. The van der Waals surface area contributed by atoms with Gasteiger partial charge < -0.3 is 15.4 Å². The Hall–Kier alpha value is -1.81. The van der Waals surface area contributed by atoms with Crippen LogP contribution in [0.25, 0.3) is 0 Å². The topological polar surface area (TPSA) is 64.1 Å². The summed E-state index contributed by atoms with van der Waals surface area (Å²) in [5.74, 6) is 0. The smallest absolute Gasteiger partial charge is 0.0989 e. The minimum Gasteiger partial charge on any atom is -0.398 e. The zero-order valence-electron chi connectivity index (χ0n) is 10.1. The van der Waals surface area contributed by atoms with Crippen LogP contribution in [0.1, 0.15) is 23.1 Å². The lowest BCUT2D eigenvalue weighted by Gasteiger charge is -2.15. The fourth-order valence-corrected chi connectivity index (χ4v) is 1.83. The van der Waals surface area contributed by atoms with Gasteiger partial charge in [-0.15, -0.1) is 0 Å². The molecule has 2 aromatic rings. The van der Waals surface area contributed by atoms with E-state index in [0.29, 0.717) is 12.2 Å². The third kappa shape index (κ3) is 2.31. The van der Waals surface area contributed by atoms with E-state index in [4.69, 9.17) is 5.73 Å². The van der Waals surface area contributed by atoms with Crippen molar-refractivity contribution < 1.29 is 5.11 Å². The molecule has 0 saturated heterocycles. The number of imidazole rings is 1. The van der Waals surface area contributed by atoms with Crippen LogP contribution >= 0.6 is 0 Å². The number of benzene rings is 1. The number of nitrogens with zero attached hydrogens (tertiary/aromatic N) is 2. The van der Waals surface area contributed by atoms with Crippen LogP contribution < -0.4 is 5.73 Å². The average molecular weight is 231 g/mol. The summed E-state index contributed by atoms with van der Waals surface area (Å²) in [5, 5.41) is 10.2. The van der Waals surface area contributed by atoms with Crippen molar-refractivity contribution in [3.05, 3.63) is 47.5 Å². The van der Waals surface area contributed by atoms with Gasteiger partial charge in [0.15, 0.2) is 0 Å². The van der Waals surface area contributed by atoms with Crippen molar-refractivity contribution in [3.63, 3.8) is 0 Å². The number of rotatable bonds is 3. The van der Waals surface area contributed by atoms with E-state index in [-0.39, 0.29) is 0 Å². The minimum atomic E-state index is -0.608. The molecule has 0 saturated carbocycles. The Kier molecular flexibility index (Phi) is 3.15. The van der Waals surface area contributed by atoms with Crippen LogP contribution in [0.5, 0.6) is 0 Å². The number of aryl methyl sites for hydroxylation is 1. The maximum atomic E-state index is 10.2. The molecule has 4 nitrogen and oxygen atoms in total. The molecule has 1 aromatic carbocycles. The van der Waals surface area contributed by atoms with Crippen LogP contribution in [-0.2, 0) is 6.54 Å². The van der Waals surface area contributed by atoms with Gasteiger partial charge in [0.05, 0.1) is 24.7 Å². The summed E-state index contributed by atoms with van der Waals surface area (Å²) in [6.45, 7) is 4.42. The van der Waals surface area contributed by atoms with Crippen LogP contribution in [0, 0.1) is 13.8 Å². The van der Waals surface area contributed by atoms with E-state index in [2.05, 4.69) is 4.98 Å². The molecule has 0 aliphatic heterocycles. The molecule has 2 rings (SSSR count). The van der Waals surface area contributed by atoms with Crippen LogP contribution in [0.4, 0.5) is 5.69 Å². The number of nitrogen functional groups attached to an aromatic ring is 1. The molecule has 0 aliphatic rings. The van der Waals surface area contributed by atoms with Gasteiger partial charge in [0.25, 0.3) is 0 Å².